The third-order valence-electron chi connectivity index (χ3n) is 5.34. The molecule has 1 fully saturated rings. The number of quaternary nitrogens is 1. The minimum atomic E-state index is -0.146. The average molecular weight is 376 g/mol. The molecule has 0 bridgehead atoms. The molecule has 4 heterocycles. The van der Waals surface area contributed by atoms with Crippen LogP contribution < -0.4 is 5.73 Å². The van der Waals surface area contributed by atoms with Crippen molar-refractivity contribution in [3.8, 4) is 0 Å². The van der Waals surface area contributed by atoms with Crippen LogP contribution in [0.3, 0.4) is 0 Å². The molecule has 0 aliphatic carbocycles. The fraction of sp³-hybridized carbons (Fsp3) is 0.250. The number of aromatic nitrogens is 3. The van der Waals surface area contributed by atoms with E-state index in [1.54, 1.807) is 18.5 Å². The number of aliphatic imine (C=N–C) groups is 1. The van der Waals surface area contributed by atoms with E-state index in [1.165, 1.54) is 11.6 Å². The summed E-state index contributed by atoms with van der Waals surface area (Å²) in [5.41, 5.74) is 8.51. The number of hydrogen-bond donors (Lipinski definition) is 1. The van der Waals surface area contributed by atoms with Crippen LogP contribution in [-0.2, 0) is 0 Å². The summed E-state index contributed by atoms with van der Waals surface area (Å²) in [5.74, 6) is 0.933. The van der Waals surface area contributed by atoms with Gasteiger partial charge in [-0.1, -0.05) is 29.9 Å². The fourth-order valence-electron chi connectivity index (χ4n) is 3.77. The Labute approximate surface area is 163 Å². The van der Waals surface area contributed by atoms with E-state index in [2.05, 4.69) is 34.7 Å². The number of amidine groups is 1. The molecule has 28 heavy (non-hydrogen) atoms. The highest BCUT2D eigenvalue weighted by Gasteiger charge is 2.70. The standard InChI is InChI=1S/C20H22N7O/c1-4-17-15(12-23-26(17)14(3)28)8-7-10-18-13(2)27(18)20(21)24-19(25-27)16-9-5-6-11-22-16/h4-9,11-13,18H,1,10H2,2-3H3,(H2,21,24,25)/q+1. The Morgan fingerprint density at radius 1 is 1.43 bits per heavy atom. The van der Waals surface area contributed by atoms with Crippen molar-refractivity contribution in [1.29, 1.82) is 0 Å². The molecule has 4 rings (SSSR count). The van der Waals surface area contributed by atoms with Gasteiger partial charge >= 0.3 is 5.96 Å². The van der Waals surface area contributed by atoms with Gasteiger partial charge < -0.3 is 5.73 Å². The van der Waals surface area contributed by atoms with E-state index in [-0.39, 0.29) is 18.0 Å². The van der Waals surface area contributed by atoms with Gasteiger partial charge in [-0.05, 0) is 25.1 Å². The first kappa shape index (κ1) is 18.0. The van der Waals surface area contributed by atoms with E-state index in [0.29, 0.717) is 22.1 Å². The third-order valence-corrected chi connectivity index (χ3v) is 5.34. The minimum absolute atomic E-state index is 0.146. The van der Waals surface area contributed by atoms with Gasteiger partial charge in [-0.2, -0.15) is 10.1 Å². The summed E-state index contributed by atoms with van der Waals surface area (Å²) in [6.45, 7) is 7.37. The van der Waals surface area contributed by atoms with E-state index < -0.39 is 0 Å². The molecule has 2 N–H and O–H groups in total. The highest BCUT2D eigenvalue weighted by atomic mass is 16.2. The molecule has 2 aromatic heterocycles. The second kappa shape index (κ2) is 6.65. The van der Waals surface area contributed by atoms with Crippen molar-refractivity contribution in [2.75, 3.05) is 0 Å². The number of hydrogen-bond acceptors (Lipinski definition) is 6. The van der Waals surface area contributed by atoms with Crippen LogP contribution in [-0.4, -0.2) is 49.1 Å². The quantitative estimate of drug-likeness (QED) is 0.639. The zero-order chi connectivity index (χ0) is 19.9. The molecule has 3 unspecified atom stereocenters. The van der Waals surface area contributed by atoms with Crippen LogP contribution in [0, 0.1) is 0 Å². The van der Waals surface area contributed by atoms with Gasteiger partial charge in [0.15, 0.2) is 12.1 Å². The first-order chi connectivity index (χ1) is 13.5. The monoisotopic (exact) mass is 376 g/mol. The van der Waals surface area contributed by atoms with Crippen molar-refractivity contribution in [1.82, 2.24) is 14.8 Å². The SMILES string of the molecule is C=Cc1c(C=CCC2C(C)[N+]23N=C(c2ccccn2)N=C3N)cnn1C(C)=O. The summed E-state index contributed by atoms with van der Waals surface area (Å²) in [6.07, 6.45) is 9.81. The highest BCUT2D eigenvalue weighted by Crippen LogP contribution is 2.45. The van der Waals surface area contributed by atoms with Crippen molar-refractivity contribution in [3.63, 3.8) is 0 Å². The van der Waals surface area contributed by atoms with E-state index in [0.717, 1.165) is 17.7 Å². The lowest BCUT2D eigenvalue weighted by Crippen LogP contribution is -2.36. The van der Waals surface area contributed by atoms with Gasteiger partial charge in [0.2, 0.25) is 11.7 Å². The summed E-state index contributed by atoms with van der Waals surface area (Å²) in [7, 11) is 0. The normalized spacial score (nSPS) is 25.8. The van der Waals surface area contributed by atoms with E-state index >= 15 is 0 Å². The topological polar surface area (TPSA) is 98.5 Å². The van der Waals surface area contributed by atoms with Gasteiger partial charge in [0.05, 0.1) is 11.9 Å². The smallest absolute Gasteiger partial charge is 0.330 e. The van der Waals surface area contributed by atoms with Crippen molar-refractivity contribution < 1.29 is 9.39 Å². The molecule has 142 valence electrons. The first-order valence-corrected chi connectivity index (χ1v) is 9.11. The number of rotatable bonds is 5. The van der Waals surface area contributed by atoms with Gasteiger partial charge in [0, 0.05) is 25.1 Å². The zero-order valence-electron chi connectivity index (χ0n) is 15.9. The van der Waals surface area contributed by atoms with Gasteiger partial charge in [-0.15, -0.1) is 4.59 Å². The molecule has 0 amide bonds. The molecule has 1 saturated heterocycles. The van der Waals surface area contributed by atoms with Crippen LogP contribution in [0.4, 0.5) is 0 Å². The molecular weight excluding hydrogens is 354 g/mol. The Kier molecular flexibility index (Phi) is 4.27. The van der Waals surface area contributed by atoms with Crippen molar-refractivity contribution in [3.05, 3.63) is 60.2 Å². The third kappa shape index (κ3) is 2.69. The minimum Gasteiger partial charge on any atom is -0.335 e. The molecule has 8 nitrogen and oxygen atoms in total. The highest BCUT2D eigenvalue weighted by molar-refractivity contribution is 6.05. The molecule has 8 heteroatoms. The Hall–Kier alpha value is -3.39. The van der Waals surface area contributed by atoms with Crippen molar-refractivity contribution >= 4 is 29.9 Å². The summed E-state index contributed by atoms with van der Waals surface area (Å²) in [5, 5.41) is 8.90. The van der Waals surface area contributed by atoms with E-state index in [4.69, 9.17) is 10.8 Å². The van der Waals surface area contributed by atoms with Crippen molar-refractivity contribution in [2.24, 2.45) is 15.8 Å². The van der Waals surface area contributed by atoms with Crippen LogP contribution in [0.2, 0.25) is 0 Å². The molecule has 0 saturated carbocycles. The van der Waals surface area contributed by atoms with E-state index in [9.17, 15) is 4.79 Å². The van der Waals surface area contributed by atoms with Crippen LogP contribution in [0.5, 0.6) is 0 Å². The maximum Gasteiger partial charge on any atom is 0.330 e. The fourth-order valence-corrected chi connectivity index (χ4v) is 3.77. The second-order valence-electron chi connectivity index (χ2n) is 6.91. The Bertz CT molecular complexity index is 1030. The van der Waals surface area contributed by atoms with Gasteiger partial charge in [-0.3, -0.25) is 9.78 Å². The molecule has 1 spiro atoms. The number of pyridine rings is 1. The molecule has 2 aliphatic heterocycles. The predicted octanol–water partition coefficient (Wildman–Crippen LogP) is 2.26. The number of nitrogens with two attached hydrogens (primary N) is 1. The molecule has 0 aromatic carbocycles. The van der Waals surface area contributed by atoms with Crippen LogP contribution in [0.15, 0.2) is 53.3 Å². The van der Waals surface area contributed by atoms with Crippen LogP contribution in [0.1, 0.15) is 42.0 Å². The summed E-state index contributed by atoms with van der Waals surface area (Å²) >= 11 is 0. The Morgan fingerprint density at radius 3 is 2.93 bits per heavy atom. The lowest BCUT2D eigenvalue weighted by atomic mass is 10.2. The van der Waals surface area contributed by atoms with Gasteiger partial charge in [0.1, 0.15) is 5.69 Å². The van der Waals surface area contributed by atoms with Crippen LogP contribution in [0.25, 0.3) is 12.2 Å². The molecule has 2 aromatic rings. The number of carbonyl (C=O) groups excluding carboxylic acids is 1. The van der Waals surface area contributed by atoms with Crippen LogP contribution >= 0.6 is 0 Å². The van der Waals surface area contributed by atoms with Gasteiger partial charge in [0.25, 0.3) is 0 Å². The summed E-state index contributed by atoms with van der Waals surface area (Å²) in [6, 6.07) is 6.10. The number of carbonyl (C=O) groups is 1. The maximum atomic E-state index is 11.6. The van der Waals surface area contributed by atoms with E-state index in [1.807, 2.05) is 24.3 Å². The lowest BCUT2D eigenvalue weighted by Gasteiger charge is -2.05. The summed E-state index contributed by atoms with van der Waals surface area (Å²) < 4.78 is 1.67. The second-order valence-corrected chi connectivity index (χ2v) is 6.91. The zero-order valence-corrected chi connectivity index (χ0v) is 15.9. The molecule has 3 atom stereocenters. The number of guanidine groups is 1. The molecule has 0 radical (unpaired) electrons. The maximum absolute atomic E-state index is 11.6. The van der Waals surface area contributed by atoms with Gasteiger partial charge in [-0.25, -0.2) is 4.68 Å². The Balaban J connectivity index is 1.51. The first-order valence-electron chi connectivity index (χ1n) is 9.11. The summed E-state index contributed by atoms with van der Waals surface area (Å²) in [4.78, 5) is 20.4. The predicted molar refractivity (Wildman–Crippen MR) is 108 cm³/mol. The lowest BCUT2D eigenvalue weighted by molar-refractivity contribution is -0.735. The van der Waals surface area contributed by atoms with Crippen molar-refractivity contribution in [2.45, 2.75) is 32.4 Å². The average Bonchev–Trinajstić information content (AvgIpc) is 3.02. The molecular formula is C20H22N7O+. The largest absolute Gasteiger partial charge is 0.335 e. The molecule has 2 aliphatic rings. The Morgan fingerprint density at radius 2 is 2.25 bits per heavy atom. The number of nitrogens with zero attached hydrogens (tertiary/aromatic N) is 6.